The van der Waals surface area contributed by atoms with Crippen molar-refractivity contribution < 1.29 is 13.2 Å². The zero-order valence-electron chi connectivity index (χ0n) is 13.2. The van der Waals surface area contributed by atoms with E-state index in [4.69, 9.17) is 0 Å². The van der Waals surface area contributed by atoms with E-state index in [0.717, 1.165) is 17.7 Å². The third-order valence-corrected chi connectivity index (χ3v) is 3.67. The normalized spacial score (nSPS) is 13.7. The summed E-state index contributed by atoms with van der Waals surface area (Å²) in [6.07, 6.45) is -4.16. The minimum atomic E-state index is -4.16. The predicted molar refractivity (Wildman–Crippen MR) is 80.5 cm³/mol. The van der Waals surface area contributed by atoms with Gasteiger partial charge in [0, 0.05) is 12.6 Å². The fraction of sp³-hybridized carbons (Fsp3) is 0.625. The van der Waals surface area contributed by atoms with Crippen LogP contribution < -0.4 is 5.32 Å². The predicted octanol–water partition coefficient (Wildman–Crippen LogP) is 3.84. The molecule has 1 atom stereocenters. The summed E-state index contributed by atoms with van der Waals surface area (Å²) < 4.78 is 37.8. The molecule has 1 N–H and O–H groups in total. The molecule has 1 rings (SSSR count). The minimum absolute atomic E-state index is 0.0865. The standard InChI is InChI=1S/C16H25F3N2/c1-5-20-15(10-21(6-2)11-16(17,18)19)14-8-7-12(3)13(4)9-14/h7-9,15,20H,5-6,10-11H2,1-4H3. The lowest BCUT2D eigenvalue weighted by Crippen LogP contribution is -2.40. The van der Waals surface area contributed by atoms with Gasteiger partial charge in [0.15, 0.2) is 0 Å². The quantitative estimate of drug-likeness (QED) is 0.823. The van der Waals surface area contributed by atoms with Gasteiger partial charge in [0.2, 0.25) is 0 Å². The van der Waals surface area contributed by atoms with Gasteiger partial charge in [-0.2, -0.15) is 13.2 Å². The van der Waals surface area contributed by atoms with Gasteiger partial charge in [-0.3, -0.25) is 4.90 Å². The zero-order chi connectivity index (χ0) is 16.0. The molecule has 1 aromatic rings. The lowest BCUT2D eigenvalue weighted by Gasteiger charge is -2.28. The Balaban J connectivity index is 2.87. The van der Waals surface area contributed by atoms with Crippen LogP contribution in [0.3, 0.4) is 0 Å². The lowest BCUT2D eigenvalue weighted by atomic mass is 10.0. The smallest absolute Gasteiger partial charge is 0.309 e. The van der Waals surface area contributed by atoms with Gasteiger partial charge in [0.1, 0.15) is 0 Å². The molecule has 0 aliphatic rings. The molecule has 0 radical (unpaired) electrons. The molecule has 2 nitrogen and oxygen atoms in total. The molecule has 0 saturated heterocycles. The maximum absolute atomic E-state index is 12.6. The van der Waals surface area contributed by atoms with Crippen LogP contribution in [0.25, 0.3) is 0 Å². The van der Waals surface area contributed by atoms with E-state index in [1.807, 2.05) is 32.9 Å². The van der Waals surface area contributed by atoms with Gasteiger partial charge in [-0.25, -0.2) is 0 Å². The van der Waals surface area contributed by atoms with Gasteiger partial charge in [0.25, 0.3) is 0 Å². The zero-order valence-corrected chi connectivity index (χ0v) is 13.2. The van der Waals surface area contributed by atoms with Crippen LogP contribution in [0.2, 0.25) is 0 Å². The number of aryl methyl sites for hydroxylation is 2. The summed E-state index contributed by atoms with van der Waals surface area (Å²) in [4.78, 5) is 1.43. The molecule has 120 valence electrons. The Hall–Kier alpha value is -1.07. The van der Waals surface area contributed by atoms with Crippen molar-refractivity contribution in [3.05, 3.63) is 34.9 Å². The molecule has 0 bridgehead atoms. The first-order valence-electron chi connectivity index (χ1n) is 7.36. The van der Waals surface area contributed by atoms with Gasteiger partial charge in [-0.1, -0.05) is 32.0 Å². The van der Waals surface area contributed by atoms with Crippen LogP contribution in [0.1, 0.15) is 36.6 Å². The molecule has 0 fully saturated rings. The molecular weight excluding hydrogens is 277 g/mol. The van der Waals surface area contributed by atoms with Crippen molar-refractivity contribution >= 4 is 0 Å². The number of alkyl halides is 3. The first-order chi connectivity index (χ1) is 9.76. The van der Waals surface area contributed by atoms with Crippen LogP contribution in [0.5, 0.6) is 0 Å². The van der Waals surface area contributed by atoms with E-state index >= 15 is 0 Å². The van der Waals surface area contributed by atoms with Crippen molar-refractivity contribution in [1.82, 2.24) is 10.2 Å². The summed E-state index contributed by atoms with van der Waals surface area (Å²) >= 11 is 0. The average Bonchev–Trinajstić information content (AvgIpc) is 2.39. The van der Waals surface area contributed by atoms with Gasteiger partial charge < -0.3 is 5.32 Å². The van der Waals surface area contributed by atoms with Crippen molar-refractivity contribution in [2.45, 2.75) is 39.9 Å². The third-order valence-electron chi connectivity index (χ3n) is 3.67. The van der Waals surface area contributed by atoms with Gasteiger partial charge >= 0.3 is 6.18 Å². The number of nitrogens with zero attached hydrogens (tertiary/aromatic N) is 1. The molecule has 0 aliphatic carbocycles. The number of benzene rings is 1. The monoisotopic (exact) mass is 302 g/mol. The second-order valence-corrected chi connectivity index (χ2v) is 5.40. The molecule has 1 unspecified atom stereocenters. The maximum Gasteiger partial charge on any atom is 0.401 e. The molecule has 0 spiro atoms. The number of hydrogen-bond donors (Lipinski definition) is 1. The first-order valence-corrected chi connectivity index (χ1v) is 7.36. The molecule has 0 saturated carbocycles. The van der Waals surface area contributed by atoms with Crippen LogP contribution in [-0.4, -0.2) is 37.3 Å². The highest BCUT2D eigenvalue weighted by atomic mass is 19.4. The molecule has 0 amide bonds. The summed E-state index contributed by atoms with van der Waals surface area (Å²) in [5, 5.41) is 3.29. The minimum Gasteiger partial charge on any atom is -0.309 e. The Labute approximate surface area is 125 Å². The summed E-state index contributed by atoms with van der Waals surface area (Å²) in [5.41, 5.74) is 3.39. The third kappa shape index (κ3) is 6.06. The van der Waals surface area contributed by atoms with Crippen LogP contribution >= 0.6 is 0 Å². The Bertz CT molecular complexity index is 444. The van der Waals surface area contributed by atoms with E-state index < -0.39 is 12.7 Å². The number of halogens is 3. The van der Waals surface area contributed by atoms with Crippen LogP contribution in [-0.2, 0) is 0 Å². The van der Waals surface area contributed by atoms with E-state index in [2.05, 4.69) is 11.4 Å². The van der Waals surface area contributed by atoms with Crippen molar-refractivity contribution in [1.29, 1.82) is 0 Å². The number of nitrogens with one attached hydrogen (secondary N) is 1. The second-order valence-electron chi connectivity index (χ2n) is 5.40. The van der Waals surface area contributed by atoms with E-state index in [9.17, 15) is 13.2 Å². The van der Waals surface area contributed by atoms with E-state index in [-0.39, 0.29) is 6.04 Å². The highest BCUT2D eigenvalue weighted by Gasteiger charge is 2.31. The molecule has 0 aliphatic heterocycles. The molecule has 21 heavy (non-hydrogen) atoms. The topological polar surface area (TPSA) is 15.3 Å². The van der Waals surface area contributed by atoms with Crippen molar-refractivity contribution in [3.8, 4) is 0 Å². The molecule has 1 aromatic carbocycles. The van der Waals surface area contributed by atoms with E-state index in [1.54, 1.807) is 6.92 Å². The van der Waals surface area contributed by atoms with Crippen LogP contribution in [0, 0.1) is 13.8 Å². The van der Waals surface area contributed by atoms with Gasteiger partial charge in [-0.15, -0.1) is 0 Å². The molecule has 5 heteroatoms. The largest absolute Gasteiger partial charge is 0.401 e. The highest BCUT2D eigenvalue weighted by molar-refractivity contribution is 5.31. The van der Waals surface area contributed by atoms with Crippen molar-refractivity contribution in [2.75, 3.05) is 26.2 Å². The summed E-state index contributed by atoms with van der Waals surface area (Å²) in [6.45, 7) is 8.37. The average molecular weight is 302 g/mol. The van der Waals surface area contributed by atoms with Crippen molar-refractivity contribution in [2.24, 2.45) is 0 Å². The Morgan fingerprint density at radius 3 is 2.29 bits per heavy atom. The second kappa shape index (κ2) is 7.80. The first kappa shape index (κ1) is 18.0. The summed E-state index contributed by atoms with van der Waals surface area (Å²) in [6, 6.07) is 5.99. The summed E-state index contributed by atoms with van der Waals surface area (Å²) in [7, 11) is 0. The molecular formula is C16H25F3N2. The van der Waals surface area contributed by atoms with Crippen LogP contribution in [0.4, 0.5) is 13.2 Å². The Kier molecular flexibility index (Phi) is 6.68. The maximum atomic E-state index is 12.6. The molecule has 0 heterocycles. The Morgan fingerprint density at radius 1 is 1.14 bits per heavy atom. The fourth-order valence-electron chi connectivity index (χ4n) is 2.33. The number of likely N-dealkylation sites (N-methyl/N-ethyl adjacent to an activating group) is 2. The SMILES string of the molecule is CCNC(CN(CC)CC(F)(F)F)c1ccc(C)c(C)c1. The van der Waals surface area contributed by atoms with Gasteiger partial charge in [0.05, 0.1) is 6.54 Å². The number of hydrogen-bond acceptors (Lipinski definition) is 2. The fourth-order valence-corrected chi connectivity index (χ4v) is 2.33. The lowest BCUT2D eigenvalue weighted by molar-refractivity contribution is -0.146. The van der Waals surface area contributed by atoms with E-state index in [0.29, 0.717) is 13.1 Å². The van der Waals surface area contributed by atoms with Crippen LogP contribution in [0.15, 0.2) is 18.2 Å². The van der Waals surface area contributed by atoms with Crippen molar-refractivity contribution in [3.63, 3.8) is 0 Å². The summed E-state index contributed by atoms with van der Waals surface area (Å²) in [5.74, 6) is 0. The number of rotatable bonds is 7. The Morgan fingerprint density at radius 2 is 1.81 bits per heavy atom. The molecule has 0 aromatic heterocycles. The highest BCUT2D eigenvalue weighted by Crippen LogP contribution is 2.21. The van der Waals surface area contributed by atoms with E-state index in [1.165, 1.54) is 10.5 Å². The van der Waals surface area contributed by atoms with Gasteiger partial charge in [-0.05, 0) is 43.6 Å².